The van der Waals surface area contributed by atoms with Crippen molar-refractivity contribution >= 4 is 65.1 Å². The van der Waals surface area contributed by atoms with Gasteiger partial charge in [-0.2, -0.15) is 0 Å². The molecule has 1 rings (SSSR count). The fourth-order valence-corrected chi connectivity index (χ4v) is 6.46. The second-order valence-corrected chi connectivity index (χ2v) is 16.1. The average Bonchev–Trinajstić information content (AvgIpc) is 3.73. The Kier molecular flexibility index (Phi) is 24.9. The summed E-state index contributed by atoms with van der Waals surface area (Å²) in [6.45, 7) is 4.78. The third kappa shape index (κ3) is 19.8. The third-order valence-electron chi connectivity index (χ3n) is 10.2. The van der Waals surface area contributed by atoms with Crippen molar-refractivity contribution in [3.8, 4) is 0 Å². The molecular weight excluding hydrogens is 875 g/mol. The number of likely N-dealkylation sites (tertiary alicyclic amines) is 1. The van der Waals surface area contributed by atoms with Crippen LogP contribution in [0.25, 0.3) is 0 Å². The second-order valence-electron chi connectivity index (χ2n) is 16.1. The van der Waals surface area contributed by atoms with Crippen LogP contribution in [0, 0.1) is 5.92 Å². The Morgan fingerprint density at radius 1 is 0.636 bits per heavy atom. The van der Waals surface area contributed by atoms with Gasteiger partial charge in [-0.05, 0) is 64.7 Å². The number of nitrogens with two attached hydrogens (primary N) is 6. The van der Waals surface area contributed by atoms with E-state index in [1.807, 2.05) is 0 Å². The first kappa shape index (κ1) is 57.6. The molecule has 1 fully saturated rings. The highest BCUT2D eigenvalue weighted by molar-refractivity contribution is 5.98. The molecule has 374 valence electrons. The van der Waals surface area contributed by atoms with E-state index in [2.05, 4.69) is 41.9 Å². The molecule has 0 aromatic carbocycles. The van der Waals surface area contributed by atoms with Crippen molar-refractivity contribution in [1.82, 2.24) is 36.8 Å². The molecule has 0 aromatic rings. The number of nitrogens with zero attached hydrogens (tertiary/aromatic N) is 3. The highest BCUT2D eigenvalue weighted by atomic mass is 16.4. The number of hydrogen-bond acceptors (Lipinski definition) is 15. The van der Waals surface area contributed by atoms with Crippen LogP contribution in [0.1, 0.15) is 79.1 Å². The zero-order chi connectivity index (χ0) is 50.4. The van der Waals surface area contributed by atoms with Gasteiger partial charge in [0.25, 0.3) is 0 Å². The highest BCUT2D eigenvalue weighted by Crippen LogP contribution is 2.21. The minimum atomic E-state index is -1.79. The minimum Gasteiger partial charge on any atom is -0.480 e. The highest BCUT2D eigenvalue weighted by Gasteiger charge is 2.41. The van der Waals surface area contributed by atoms with Crippen LogP contribution in [0.4, 0.5) is 0 Å². The molecule has 0 saturated carbocycles. The number of carbonyl (C=O) groups excluding carboxylic acids is 8. The van der Waals surface area contributed by atoms with Crippen LogP contribution in [0.3, 0.4) is 0 Å². The fourth-order valence-electron chi connectivity index (χ4n) is 6.46. The molecule has 0 radical (unpaired) electrons. The second kappa shape index (κ2) is 28.5. The molecule has 28 nitrogen and oxygen atoms in total. The summed E-state index contributed by atoms with van der Waals surface area (Å²) in [5.74, 6) is -9.90. The van der Waals surface area contributed by atoms with E-state index in [-0.39, 0.29) is 76.0 Å². The molecule has 22 N–H and O–H groups in total. The number of guanidine groups is 2. The quantitative estimate of drug-likeness (QED) is 0.0188. The molecule has 0 aliphatic carbocycles. The summed E-state index contributed by atoms with van der Waals surface area (Å²) in [7, 11) is 0. The molecule has 8 amide bonds. The van der Waals surface area contributed by atoms with Gasteiger partial charge in [0.2, 0.25) is 47.3 Å². The van der Waals surface area contributed by atoms with Crippen LogP contribution in [0.5, 0.6) is 0 Å². The van der Waals surface area contributed by atoms with E-state index in [1.54, 1.807) is 13.8 Å². The Labute approximate surface area is 381 Å². The van der Waals surface area contributed by atoms with E-state index < -0.39 is 133 Å². The van der Waals surface area contributed by atoms with Crippen molar-refractivity contribution in [2.75, 3.05) is 26.2 Å². The van der Waals surface area contributed by atoms with Crippen molar-refractivity contribution in [2.45, 2.75) is 140 Å². The van der Waals surface area contributed by atoms with E-state index in [4.69, 9.17) is 34.4 Å². The number of aliphatic hydroxyl groups is 3. The van der Waals surface area contributed by atoms with E-state index >= 15 is 0 Å². The summed E-state index contributed by atoms with van der Waals surface area (Å²) in [6.07, 6.45) is -3.70. The van der Waals surface area contributed by atoms with E-state index in [9.17, 15) is 63.6 Å². The molecule has 10 atom stereocenters. The maximum Gasteiger partial charge on any atom is 0.328 e. The molecule has 1 saturated heterocycles. The van der Waals surface area contributed by atoms with Gasteiger partial charge >= 0.3 is 5.97 Å². The van der Waals surface area contributed by atoms with Gasteiger partial charge in [0, 0.05) is 26.1 Å². The first-order valence-electron chi connectivity index (χ1n) is 21.3. The number of carbonyl (C=O) groups is 9. The first-order valence-corrected chi connectivity index (χ1v) is 21.3. The molecule has 1 heterocycles. The fraction of sp³-hybridized carbons (Fsp3) is 0.711. The van der Waals surface area contributed by atoms with Crippen molar-refractivity contribution in [3.05, 3.63) is 0 Å². The van der Waals surface area contributed by atoms with Gasteiger partial charge in [-0.3, -0.25) is 48.3 Å². The summed E-state index contributed by atoms with van der Waals surface area (Å²) in [5.41, 5.74) is 32.8. The molecule has 1 aliphatic rings. The van der Waals surface area contributed by atoms with Gasteiger partial charge in [-0.25, -0.2) is 4.79 Å². The largest absolute Gasteiger partial charge is 0.480 e. The lowest BCUT2D eigenvalue weighted by molar-refractivity contribution is -0.144. The van der Waals surface area contributed by atoms with Gasteiger partial charge in [0.15, 0.2) is 11.9 Å². The molecule has 66 heavy (non-hydrogen) atoms. The molecule has 10 unspecified atom stereocenters. The Hall–Kier alpha value is -6.39. The van der Waals surface area contributed by atoms with Crippen LogP contribution in [0.2, 0.25) is 0 Å². The lowest BCUT2D eigenvalue weighted by atomic mass is 10.0. The number of aliphatic hydroxyl groups excluding tert-OH is 3. The Morgan fingerprint density at radius 3 is 1.55 bits per heavy atom. The van der Waals surface area contributed by atoms with Crippen LogP contribution in [-0.4, -0.2) is 177 Å². The minimum absolute atomic E-state index is 0.00409. The predicted octanol–water partition coefficient (Wildman–Crippen LogP) is -7.92. The van der Waals surface area contributed by atoms with Crippen molar-refractivity contribution in [1.29, 1.82) is 0 Å². The van der Waals surface area contributed by atoms with Crippen LogP contribution in [-0.2, 0) is 43.2 Å². The Bertz CT molecular complexity index is 1760. The van der Waals surface area contributed by atoms with Crippen LogP contribution >= 0.6 is 0 Å². The Morgan fingerprint density at radius 2 is 1.09 bits per heavy atom. The van der Waals surface area contributed by atoms with E-state index in [1.165, 1.54) is 6.92 Å². The van der Waals surface area contributed by atoms with E-state index in [0.717, 1.165) is 11.8 Å². The molecule has 0 spiro atoms. The number of nitrogens with one attached hydrogen (secondary N) is 6. The maximum atomic E-state index is 14.2. The van der Waals surface area contributed by atoms with Gasteiger partial charge in [-0.1, -0.05) is 13.8 Å². The number of rotatable bonds is 29. The number of aliphatic imine (C=N–C) groups is 2. The lowest BCUT2D eigenvalue weighted by Gasteiger charge is -2.32. The molecule has 1 aliphatic heterocycles. The molecular formula is C38H69N15O13. The molecule has 28 heteroatoms. The SMILES string of the molecule is CC(C)C(N)C(=O)NC(C(=O)NC(CCCN=C(N)N)C(=O)N1CCCC1C(=O)NC(C(=O)NC(CCC(N)=O)C(=O)NC(CCCN=C(N)N)C(=O)NC(CO)C(=O)O)C(C)O)C(C)O. The van der Waals surface area contributed by atoms with Crippen LogP contribution in [0.15, 0.2) is 9.98 Å². The zero-order valence-electron chi connectivity index (χ0n) is 37.6. The standard InChI is InChI=1S/C38H69N15O13/c1-17(2)26(40)32(61)52-28(19(4)56)34(63)49-22(9-6-14-46-38(43)44)35(64)53-15-7-10-24(53)31(60)51-27(18(3)55)33(62)48-21(11-12-25(39)57)30(59)47-20(8-5-13-45-37(41)42)29(58)50-23(16-54)36(65)66/h17-24,26-28,54-56H,5-16,40H2,1-4H3,(H2,39,57)(H,47,59)(H,48,62)(H,49,63)(H,50,58)(H,51,60)(H,52,61)(H,65,66)(H4,41,42,45)(H4,43,44,46). The van der Waals surface area contributed by atoms with Gasteiger partial charge in [0.05, 0.1) is 24.9 Å². The summed E-state index contributed by atoms with van der Waals surface area (Å²) in [5, 5.41) is 54.0. The monoisotopic (exact) mass is 944 g/mol. The van der Waals surface area contributed by atoms with Gasteiger partial charge in [0.1, 0.15) is 42.3 Å². The number of aliphatic carboxylic acids is 1. The Balaban J connectivity index is 3.40. The smallest absolute Gasteiger partial charge is 0.328 e. The molecule has 0 bridgehead atoms. The maximum absolute atomic E-state index is 14.2. The van der Waals surface area contributed by atoms with Crippen molar-refractivity contribution in [3.63, 3.8) is 0 Å². The first-order chi connectivity index (χ1) is 30.8. The van der Waals surface area contributed by atoms with Crippen LogP contribution < -0.4 is 66.3 Å². The van der Waals surface area contributed by atoms with Gasteiger partial charge < -0.3 is 91.6 Å². The summed E-state index contributed by atoms with van der Waals surface area (Å²) in [6, 6.07) is -11.9. The lowest BCUT2D eigenvalue weighted by Crippen LogP contribution is -2.62. The molecule has 0 aromatic heterocycles. The normalized spacial score (nSPS) is 17.5. The summed E-state index contributed by atoms with van der Waals surface area (Å²) in [4.78, 5) is 127. The van der Waals surface area contributed by atoms with Crippen molar-refractivity contribution < 1.29 is 63.6 Å². The summed E-state index contributed by atoms with van der Waals surface area (Å²) < 4.78 is 0. The number of primary amides is 1. The third-order valence-corrected chi connectivity index (χ3v) is 10.2. The number of hydrogen-bond donors (Lipinski definition) is 16. The van der Waals surface area contributed by atoms with Gasteiger partial charge in [-0.15, -0.1) is 0 Å². The number of carboxylic acids is 1. The predicted molar refractivity (Wildman–Crippen MR) is 235 cm³/mol. The average molecular weight is 944 g/mol. The summed E-state index contributed by atoms with van der Waals surface area (Å²) >= 11 is 0. The van der Waals surface area contributed by atoms with E-state index in [0.29, 0.717) is 0 Å². The van der Waals surface area contributed by atoms with Crippen molar-refractivity contribution in [2.24, 2.45) is 50.3 Å². The zero-order valence-corrected chi connectivity index (χ0v) is 37.6. The number of carboxylic acid groups (broad SMARTS) is 1. The number of amides is 8. The topological polar surface area (TPSA) is 491 Å².